The molecule has 0 saturated heterocycles. The summed E-state index contributed by atoms with van der Waals surface area (Å²) in [6.45, 7) is 0.106. The molecule has 1 aromatic carbocycles. The van der Waals surface area contributed by atoms with E-state index in [9.17, 15) is 24.1 Å². The Hall–Kier alpha value is -3.23. The van der Waals surface area contributed by atoms with Gasteiger partial charge in [-0.2, -0.15) is 0 Å². The molecular formula is C14H12FN3O5. The Kier molecular flexibility index (Phi) is 5.03. The highest BCUT2D eigenvalue weighted by atomic mass is 19.1. The van der Waals surface area contributed by atoms with Crippen molar-refractivity contribution in [2.24, 2.45) is 0 Å². The smallest absolute Gasteiger partial charge is 0.395 e. The van der Waals surface area contributed by atoms with E-state index in [1.54, 1.807) is 0 Å². The number of halogens is 1. The van der Waals surface area contributed by atoms with Gasteiger partial charge in [0.25, 0.3) is 11.8 Å². The zero-order valence-corrected chi connectivity index (χ0v) is 11.7. The maximum absolute atomic E-state index is 13.4. The minimum Gasteiger partial charge on any atom is -0.395 e. The van der Waals surface area contributed by atoms with Gasteiger partial charge in [0.15, 0.2) is 5.76 Å². The van der Waals surface area contributed by atoms with Crippen LogP contribution in [0.2, 0.25) is 0 Å². The van der Waals surface area contributed by atoms with E-state index < -0.39 is 28.4 Å². The third kappa shape index (κ3) is 4.13. The molecule has 2 aromatic rings. The number of rotatable bonds is 6. The minimum atomic E-state index is -0.759. The molecule has 0 atom stereocenters. The summed E-state index contributed by atoms with van der Waals surface area (Å²) in [4.78, 5) is 33.0. The first-order valence-corrected chi connectivity index (χ1v) is 6.54. The zero-order valence-electron chi connectivity index (χ0n) is 11.7. The van der Waals surface area contributed by atoms with Gasteiger partial charge in [-0.05, 0) is 18.2 Å². The lowest BCUT2D eigenvalue weighted by Gasteiger charge is -2.06. The number of carbonyl (C=O) groups excluding carboxylic acids is 2. The second-order valence-electron chi connectivity index (χ2n) is 4.39. The summed E-state index contributed by atoms with van der Waals surface area (Å²) in [5.41, 5.74) is -0.0968. The van der Waals surface area contributed by atoms with Gasteiger partial charge in [0.1, 0.15) is 10.7 Å². The van der Waals surface area contributed by atoms with Crippen LogP contribution in [0.25, 0.3) is 0 Å². The molecule has 1 heterocycles. The van der Waals surface area contributed by atoms with Crippen LogP contribution in [0.5, 0.6) is 0 Å². The maximum Gasteiger partial charge on any atom is 0.433 e. The van der Waals surface area contributed by atoms with E-state index >= 15 is 0 Å². The first kappa shape index (κ1) is 16.1. The standard InChI is InChI=1S/C14H12FN3O5/c15-10-4-2-1-3-9(10)13(19)16-7-8-17-14(20)11-5-6-12(23-11)18(21)22/h1-6H,7-8H2,(H,16,19)(H,17,20). The molecule has 2 N–H and O–H groups in total. The second kappa shape index (κ2) is 7.16. The molecule has 0 bridgehead atoms. The minimum absolute atomic E-state index is 0.0491. The van der Waals surface area contributed by atoms with E-state index in [4.69, 9.17) is 4.42 Å². The summed E-state index contributed by atoms with van der Waals surface area (Å²) < 4.78 is 18.1. The summed E-state index contributed by atoms with van der Waals surface area (Å²) >= 11 is 0. The van der Waals surface area contributed by atoms with E-state index in [2.05, 4.69) is 10.6 Å². The van der Waals surface area contributed by atoms with E-state index in [0.29, 0.717) is 0 Å². The molecule has 0 unspecified atom stereocenters. The number of benzene rings is 1. The van der Waals surface area contributed by atoms with Crippen molar-refractivity contribution in [3.63, 3.8) is 0 Å². The maximum atomic E-state index is 13.4. The van der Waals surface area contributed by atoms with Crippen molar-refractivity contribution in [3.8, 4) is 0 Å². The zero-order chi connectivity index (χ0) is 16.8. The van der Waals surface area contributed by atoms with E-state index in [1.807, 2.05) is 0 Å². The molecule has 0 spiro atoms. The topological polar surface area (TPSA) is 114 Å². The number of furan rings is 1. The van der Waals surface area contributed by atoms with Crippen molar-refractivity contribution in [2.45, 2.75) is 0 Å². The normalized spacial score (nSPS) is 10.1. The molecule has 0 saturated carbocycles. The molecule has 0 radical (unpaired) electrons. The van der Waals surface area contributed by atoms with Gasteiger partial charge in [0.2, 0.25) is 0 Å². The molecule has 2 rings (SSSR count). The Morgan fingerprint density at radius 3 is 2.35 bits per heavy atom. The van der Waals surface area contributed by atoms with Crippen molar-refractivity contribution >= 4 is 17.7 Å². The lowest BCUT2D eigenvalue weighted by atomic mass is 10.2. The third-order valence-electron chi connectivity index (χ3n) is 2.81. The van der Waals surface area contributed by atoms with Gasteiger partial charge in [-0.1, -0.05) is 12.1 Å². The van der Waals surface area contributed by atoms with Crippen LogP contribution in [0.4, 0.5) is 10.3 Å². The van der Waals surface area contributed by atoms with Crippen LogP contribution < -0.4 is 10.6 Å². The van der Waals surface area contributed by atoms with Gasteiger partial charge in [-0.25, -0.2) is 4.39 Å². The lowest BCUT2D eigenvalue weighted by molar-refractivity contribution is -0.402. The van der Waals surface area contributed by atoms with Gasteiger partial charge in [0, 0.05) is 13.1 Å². The average Bonchev–Trinajstić information content (AvgIpc) is 3.02. The summed E-state index contributed by atoms with van der Waals surface area (Å²) in [6, 6.07) is 7.74. The number of nitrogens with zero attached hydrogens (tertiary/aromatic N) is 1. The molecule has 9 heteroatoms. The molecule has 120 valence electrons. The van der Waals surface area contributed by atoms with Crippen molar-refractivity contribution < 1.29 is 23.3 Å². The van der Waals surface area contributed by atoms with Crippen LogP contribution in [0.15, 0.2) is 40.8 Å². The molecule has 0 aliphatic carbocycles. The van der Waals surface area contributed by atoms with Gasteiger partial charge in [-0.3, -0.25) is 19.7 Å². The van der Waals surface area contributed by atoms with Crippen LogP contribution in [0.1, 0.15) is 20.9 Å². The van der Waals surface area contributed by atoms with Crippen molar-refractivity contribution in [2.75, 3.05) is 13.1 Å². The van der Waals surface area contributed by atoms with Crippen molar-refractivity contribution in [1.29, 1.82) is 0 Å². The Balaban J connectivity index is 1.78. The summed E-state index contributed by atoms with van der Waals surface area (Å²) in [5, 5.41) is 15.3. The summed E-state index contributed by atoms with van der Waals surface area (Å²) in [6.07, 6.45) is 0. The predicted molar refractivity (Wildman–Crippen MR) is 76.4 cm³/mol. The fourth-order valence-electron chi connectivity index (χ4n) is 1.73. The fourth-order valence-corrected chi connectivity index (χ4v) is 1.73. The van der Waals surface area contributed by atoms with Gasteiger partial charge in [0.05, 0.1) is 11.6 Å². The van der Waals surface area contributed by atoms with Crippen LogP contribution in [-0.2, 0) is 0 Å². The molecule has 0 aliphatic heterocycles. The average molecular weight is 321 g/mol. The Morgan fingerprint density at radius 1 is 1.09 bits per heavy atom. The Labute approximate surface area is 129 Å². The van der Waals surface area contributed by atoms with E-state index in [1.165, 1.54) is 30.3 Å². The van der Waals surface area contributed by atoms with Crippen LogP contribution >= 0.6 is 0 Å². The van der Waals surface area contributed by atoms with Crippen molar-refractivity contribution in [1.82, 2.24) is 10.6 Å². The molecule has 8 nitrogen and oxygen atoms in total. The Morgan fingerprint density at radius 2 is 1.74 bits per heavy atom. The quantitative estimate of drug-likeness (QED) is 0.475. The second-order valence-corrected chi connectivity index (χ2v) is 4.39. The number of amides is 2. The van der Waals surface area contributed by atoms with Crippen LogP contribution in [0, 0.1) is 15.9 Å². The van der Waals surface area contributed by atoms with Gasteiger partial charge < -0.3 is 15.1 Å². The number of hydrogen-bond acceptors (Lipinski definition) is 5. The Bertz CT molecular complexity index is 744. The van der Waals surface area contributed by atoms with Crippen LogP contribution in [0.3, 0.4) is 0 Å². The highest BCUT2D eigenvalue weighted by molar-refractivity contribution is 5.94. The largest absolute Gasteiger partial charge is 0.433 e. The molecule has 1 aromatic heterocycles. The van der Waals surface area contributed by atoms with Gasteiger partial charge in [-0.15, -0.1) is 0 Å². The summed E-state index contributed by atoms with van der Waals surface area (Å²) in [5.74, 6) is -2.65. The first-order valence-electron chi connectivity index (χ1n) is 6.54. The number of hydrogen-bond donors (Lipinski definition) is 2. The fraction of sp³-hybridized carbons (Fsp3) is 0.143. The molecule has 2 amide bonds. The lowest BCUT2D eigenvalue weighted by Crippen LogP contribution is -2.34. The van der Waals surface area contributed by atoms with E-state index in [0.717, 1.165) is 6.07 Å². The third-order valence-corrected chi connectivity index (χ3v) is 2.81. The monoisotopic (exact) mass is 321 g/mol. The summed E-state index contributed by atoms with van der Waals surface area (Å²) in [7, 11) is 0. The molecule has 23 heavy (non-hydrogen) atoms. The molecular weight excluding hydrogens is 309 g/mol. The number of nitrogens with one attached hydrogen (secondary N) is 2. The van der Waals surface area contributed by atoms with E-state index in [-0.39, 0.29) is 24.4 Å². The SMILES string of the molecule is O=C(NCCNC(=O)c1ccccc1F)c1ccc([N+](=O)[O-])o1. The first-order chi connectivity index (χ1) is 11.0. The predicted octanol–water partition coefficient (Wildman–Crippen LogP) is 1.49. The van der Waals surface area contributed by atoms with Crippen molar-refractivity contribution in [3.05, 3.63) is 63.7 Å². The number of carbonyl (C=O) groups is 2. The highest BCUT2D eigenvalue weighted by Gasteiger charge is 2.17. The number of nitro groups is 1. The van der Waals surface area contributed by atoms with Gasteiger partial charge >= 0.3 is 5.88 Å². The van der Waals surface area contributed by atoms with Crippen LogP contribution in [-0.4, -0.2) is 29.8 Å². The molecule has 0 aliphatic rings. The highest BCUT2D eigenvalue weighted by Crippen LogP contribution is 2.15. The molecule has 0 fully saturated rings.